The normalized spacial score (nSPS) is 18.0. The number of non-ortho nitro benzene ring substituents is 1. The van der Waals surface area contributed by atoms with Gasteiger partial charge in [-0.3, -0.25) is 10.1 Å². The quantitative estimate of drug-likeness (QED) is 0.185. The molecule has 2 aromatic carbocycles. The topological polar surface area (TPSA) is 166 Å². The molecule has 1 amide bonds. The molecule has 1 saturated heterocycles. The van der Waals surface area contributed by atoms with E-state index in [1.165, 1.54) is 36.2 Å². The molecular formula is C23H29N5O7S2. The summed E-state index contributed by atoms with van der Waals surface area (Å²) in [5.74, 6) is 1.36. The highest BCUT2D eigenvalue weighted by Gasteiger charge is 2.37. The van der Waals surface area contributed by atoms with Crippen LogP contribution in [-0.4, -0.2) is 62.2 Å². The standard InChI is InChI=1S/C23H29N5O7S2/c1-25-37(32,33)26-22(24)12-19-11-21(36-15-17-5-9-20(34-2)10-6-17)13-27(19)23(29)35-14-16-3-7-18(8-4-16)28(30)31/h3-10,19,21,25H,11-15H2,1-2H3,(H2,24,26)/t19-,21-/m0/s1. The van der Waals surface area contributed by atoms with E-state index in [1.54, 1.807) is 18.9 Å². The molecule has 0 aromatic heterocycles. The fourth-order valence-corrected chi connectivity index (χ4v) is 5.49. The number of carbonyl (C=O) groups is 1. The summed E-state index contributed by atoms with van der Waals surface area (Å²) in [6, 6.07) is 13.0. The monoisotopic (exact) mass is 551 g/mol. The lowest BCUT2D eigenvalue weighted by Gasteiger charge is -2.23. The molecule has 0 bridgehead atoms. The number of nitrogens with two attached hydrogens (primary N) is 1. The predicted octanol–water partition coefficient (Wildman–Crippen LogP) is 2.83. The van der Waals surface area contributed by atoms with Crippen molar-refractivity contribution in [3.05, 3.63) is 69.8 Å². The van der Waals surface area contributed by atoms with Crippen LogP contribution >= 0.6 is 11.8 Å². The van der Waals surface area contributed by atoms with E-state index in [9.17, 15) is 23.3 Å². The Morgan fingerprint density at radius 2 is 1.86 bits per heavy atom. The number of hydrogen-bond donors (Lipinski definition) is 2. The van der Waals surface area contributed by atoms with Gasteiger partial charge in [0.1, 0.15) is 18.2 Å². The van der Waals surface area contributed by atoms with Crippen molar-refractivity contribution in [1.82, 2.24) is 9.62 Å². The number of nitro benzene ring substituents is 1. The number of likely N-dealkylation sites (tertiary alicyclic amines) is 1. The van der Waals surface area contributed by atoms with Crippen LogP contribution in [0.5, 0.6) is 5.75 Å². The van der Waals surface area contributed by atoms with E-state index in [1.807, 2.05) is 24.3 Å². The van der Waals surface area contributed by atoms with E-state index in [0.29, 0.717) is 24.3 Å². The third-order valence-corrected chi connectivity index (χ3v) is 8.01. The Morgan fingerprint density at radius 1 is 1.22 bits per heavy atom. The van der Waals surface area contributed by atoms with Crippen molar-refractivity contribution in [3.63, 3.8) is 0 Å². The van der Waals surface area contributed by atoms with Gasteiger partial charge < -0.3 is 20.1 Å². The number of nitrogens with one attached hydrogen (secondary N) is 1. The number of amidine groups is 1. The molecule has 2 aromatic rings. The summed E-state index contributed by atoms with van der Waals surface area (Å²) < 4.78 is 39.8. The second-order valence-corrected chi connectivity index (χ2v) is 11.1. The highest BCUT2D eigenvalue weighted by molar-refractivity contribution is 7.99. The van der Waals surface area contributed by atoms with Crippen LogP contribution < -0.4 is 15.2 Å². The summed E-state index contributed by atoms with van der Waals surface area (Å²) in [5, 5.41) is 10.9. The van der Waals surface area contributed by atoms with Gasteiger partial charge in [-0.2, -0.15) is 24.9 Å². The van der Waals surface area contributed by atoms with Crippen LogP contribution in [0.1, 0.15) is 24.0 Å². The van der Waals surface area contributed by atoms with Gasteiger partial charge in [0.2, 0.25) is 0 Å². The zero-order chi connectivity index (χ0) is 27.0. The van der Waals surface area contributed by atoms with Gasteiger partial charge in [0.05, 0.1) is 12.0 Å². The van der Waals surface area contributed by atoms with E-state index < -0.39 is 27.3 Å². The number of amides is 1. The first-order chi connectivity index (χ1) is 17.6. The number of nitro groups is 1. The van der Waals surface area contributed by atoms with Crippen LogP contribution in [0.4, 0.5) is 10.5 Å². The highest BCUT2D eigenvalue weighted by atomic mass is 32.2. The van der Waals surface area contributed by atoms with Crippen LogP contribution in [-0.2, 0) is 27.3 Å². The zero-order valence-electron chi connectivity index (χ0n) is 20.4. The summed E-state index contributed by atoms with van der Waals surface area (Å²) in [4.78, 5) is 24.8. The summed E-state index contributed by atoms with van der Waals surface area (Å²) in [7, 11) is -1.07. The molecule has 0 radical (unpaired) electrons. The van der Waals surface area contributed by atoms with Gasteiger partial charge in [-0.1, -0.05) is 12.1 Å². The Labute approximate surface area is 219 Å². The van der Waals surface area contributed by atoms with E-state index in [4.69, 9.17) is 15.2 Å². The smallest absolute Gasteiger partial charge is 0.410 e. The van der Waals surface area contributed by atoms with Gasteiger partial charge >= 0.3 is 16.3 Å². The Morgan fingerprint density at radius 3 is 2.46 bits per heavy atom. The van der Waals surface area contributed by atoms with Crippen LogP contribution in [0.2, 0.25) is 0 Å². The minimum Gasteiger partial charge on any atom is -0.497 e. The molecule has 0 aliphatic carbocycles. The van der Waals surface area contributed by atoms with Crippen molar-refractivity contribution in [2.45, 2.75) is 36.5 Å². The third kappa shape index (κ3) is 8.33. The largest absolute Gasteiger partial charge is 0.497 e. The first-order valence-corrected chi connectivity index (χ1v) is 13.8. The van der Waals surface area contributed by atoms with Gasteiger partial charge in [-0.25, -0.2) is 4.79 Å². The summed E-state index contributed by atoms with van der Waals surface area (Å²) in [6.07, 6.45) is 0.0522. The molecule has 12 nitrogen and oxygen atoms in total. The number of carbonyl (C=O) groups excluding carboxylic acids is 1. The van der Waals surface area contributed by atoms with Crippen LogP contribution in [0, 0.1) is 10.1 Å². The maximum atomic E-state index is 13.0. The van der Waals surface area contributed by atoms with Crippen molar-refractivity contribution in [2.24, 2.45) is 10.1 Å². The molecule has 2 atom stereocenters. The fourth-order valence-electron chi connectivity index (χ4n) is 3.77. The number of hydrogen-bond acceptors (Lipinski definition) is 8. The van der Waals surface area contributed by atoms with E-state index >= 15 is 0 Å². The van der Waals surface area contributed by atoms with Crippen molar-refractivity contribution in [3.8, 4) is 5.75 Å². The molecule has 0 unspecified atom stereocenters. The maximum Gasteiger partial charge on any atom is 0.410 e. The number of thioether (sulfide) groups is 1. The van der Waals surface area contributed by atoms with Gasteiger partial charge in [-0.05, 0) is 41.8 Å². The predicted molar refractivity (Wildman–Crippen MR) is 141 cm³/mol. The summed E-state index contributed by atoms with van der Waals surface area (Å²) in [5.41, 5.74) is 7.54. The average molecular weight is 552 g/mol. The van der Waals surface area contributed by atoms with Gasteiger partial charge in [0.15, 0.2) is 0 Å². The summed E-state index contributed by atoms with van der Waals surface area (Å²) >= 11 is 1.67. The molecule has 1 heterocycles. The Hall–Kier alpha value is -3.36. The molecule has 3 rings (SSSR count). The van der Waals surface area contributed by atoms with Gasteiger partial charge in [0.25, 0.3) is 5.69 Å². The van der Waals surface area contributed by atoms with E-state index in [0.717, 1.165) is 11.3 Å². The lowest BCUT2D eigenvalue weighted by atomic mass is 10.1. The van der Waals surface area contributed by atoms with Crippen LogP contribution in [0.25, 0.3) is 0 Å². The van der Waals surface area contributed by atoms with Gasteiger partial charge in [0, 0.05) is 49.2 Å². The number of methoxy groups -OCH3 is 1. The molecule has 14 heteroatoms. The van der Waals surface area contributed by atoms with Crippen LogP contribution in [0.3, 0.4) is 0 Å². The molecule has 3 N–H and O–H groups in total. The Balaban J connectivity index is 1.67. The van der Waals surface area contributed by atoms with E-state index in [-0.39, 0.29) is 29.8 Å². The fraction of sp³-hybridized carbons (Fsp3) is 0.391. The first-order valence-electron chi connectivity index (χ1n) is 11.3. The molecule has 1 aliphatic rings. The Bertz CT molecular complexity index is 1220. The molecule has 1 fully saturated rings. The third-order valence-electron chi connectivity index (χ3n) is 5.70. The van der Waals surface area contributed by atoms with Crippen molar-refractivity contribution in [1.29, 1.82) is 0 Å². The molecule has 200 valence electrons. The van der Waals surface area contributed by atoms with Crippen LogP contribution in [0.15, 0.2) is 52.9 Å². The SMILES string of the molecule is CNS(=O)(=O)/N=C(\N)C[C@@H]1C[C@H](SCc2ccc(OC)cc2)CN1C(=O)OCc1ccc([N+](=O)[O-])cc1. The molecule has 0 saturated carbocycles. The Kier molecular flexibility index (Phi) is 9.72. The van der Waals surface area contributed by atoms with Gasteiger partial charge in [-0.15, -0.1) is 4.40 Å². The zero-order valence-corrected chi connectivity index (χ0v) is 22.0. The molecular weight excluding hydrogens is 522 g/mol. The van der Waals surface area contributed by atoms with Crippen molar-refractivity contribution < 1.29 is 27.6 Å². The lowest BCUT2D eigenvalue weighted by molar-refractivity contribution is -0.384. The molecule has 37 heavy (non-hydrogen) atoms. The lowest BCUT2D eigenvalue weighted by Crippen LogP contribution is -2.39. The number of nitrogens with zero attached hydrogens (tertiary/aromatic N) is 3. The average Bonchev–Trinajstić information content (AvgIpc) is 3.28. The molecule has 1 aliphatic heterocycles. The number of rotatable bonds is 11. The maximum absolute atomic E-state index is 13.0. The molecule has 0 spiro atoms. The minimum absolute atomic E-state index is 0.0577. The highest BCUT2D eigenvalue weighted by Crippen LogP contribution is 2.32. The first kappa shape index (κ1) is 28.2. The van der Waals surface area contributed by atoms with Crippen molar-refractivity contribution >= 4 is 39.6 Å². The second-order valence-electron chi connectivity index (χ2n) is 8.27. The van der Waals surface area contributed by atoms with Crippen molar-refractivity contribution in [2.75, 3.05) is 20.7 Å². The minimum atomic E-state index is -3.90. The summed E-state index contributed by atoms with van der Waals surface area (Å²) in [6.45, 7) is 0.318. The van der Waals surface area contributed by atoms with E-state index in [2.05, 4.69) is 9.12 Å². The second kappa shape index (κ2) is 12.7. The number of ether oxygens (including phenoxy) is 2. The number of benzene rings is 2.